The van der Waals surface area contributed by atoms with Crippen LogP contribution in [0, 0.1) is 11.3 Å². The Hall–Kier alpha value is -5.79. The van der Waals surface area contributed by atoms with Gasteiger partial charge in [0.05, 0.1) is 28.4 Å². The number of benzene rings is 6. The van der Waals surface area contributed by atoms with E-state index in [1.165, 1.54) is 0 Å². The van der Waals surface area contributed by atoms with E-state index >= 15 is 0 Å². The second-order valence-electron chi connectivity index (χ2n) is 10.4. The largest absolute Gasteiger partial charge is 0.456 e. The Morgan fingerprint density at radius 1 is 0.512 bits per heavy atom. The molecule has 0 unspecified atom stereocenters. The second-order valence-corrected chi connectivity index (χ2v) is 10.4. The lowest BCUT2D eigenvalue weighted by molar-refractivity contribution is 0.666. The molecule has 3 heterocycles. The maximum atomic E-state index is 9.68. The van der Waals surface area contributed by atoms with Gasteiger partial charge in [0.2, 0.25) is 0 Å². The van der Waals surface area contributed by atoms with Crippen molar-refractivity contribution in [1.82, 2.24) is 4.57 Å². The Morgan fingerprint density at radius 3 is 1.98 bits per heavy atom. The van der Waals surface area contributed by atoms with Gasteiger partial charge in [0.1, 0.15) is 16.7 Å². The number of rotatable bonds is 2. The molecule has 190 valence electrons. The van der Waals surface area contributed by atoms with Gasteiger partial charge >= 0.3 is 0 Å². The molecule has 9 aromatic rings. The fraction of sp³-hybridized carbons (Fsp3) is 0. The summed E-state index contributed by atoms with van der Waals surface area (Å²) in [6.45, 7) is 0. The predicted molar refractivity (Wildman–Crippen MR) is 165 cm³/mol. The van der Waals surface area contributed by atoms with Gasteiger partial charge in [-0.25, -0.2) is 0 Å². The van der Waals surface area contributed by atoms with Gasteiger partial charge in [-0.15, -0.1) is 0 Å². The molecule has 3 aromatic heterocycles. The standard InChI is InChI=1S/C37H20N2O2/c38-21-22-18-19-24-23-8-1-3-13-29(23)39(31(24)20-22)30-14-5-12-28-36-26(11-7-17-34(36)41-37(28)30)25-10-6-16-33-35(25)27-9-2-4-15-32(27)40-33/h1-20H. The Balaban J connectivity index is 1.39. The van der Waals surface area contributed by atoms with Gasteiger partial charge in [-0.2, -0.15) is 5.26 Å². The summed E-state index contributed by atoms with van der Waals surface area (Å²) in [6, 6.07) is 43.6. The van der Waals surface area contributed by atoms with E-state index in [2.05, 4.69) is 89.5 Å². The van der Waals surface area contributed by atoms with Crippen LogP contribution in [0.1, 0.15) is 5.56 Å². The monoisotopic (exact) mass is 524 g/mol. The molecule has 0 aliphatic carbocycles. The highest BCUT2D eigenvalue weighted by Gasteiger charge is 2.21. The van der Waals surface area contributed by atoms with Crippen molar-refractivity contribution < 1.29 is 8.83 Å². The molecule has 0 spiro atoms. The lowest BCUT2D eigenvalue weighted by atomic mass is 9.95. The summed E-state index contributed by atoms with van der Waals surface area (Å²) in [6.07, 6.45) is 0. The third-order valence-electron chi connectivity index (χ3n) is 8.24. The first-order valence-electron chi connectivity index (χ1n) is 13.6. The topological polar surface area (TPSA) is 55.0 Å². The molecule has 0 saturated heterocycles. The zero-order chi connectivity index (χ0) is 27.1. The third kappa shape index (κ3) is 2.98. The van der Waals surface area contributed by atoms with E-state index in [1.807, 2.05) is 42.5 Å². The molecule has 0 aliphatic heterocycles. The molecule has 0 radical (unpaired) electrons. The molecule has 4 heteroatoms. The fourth-order valence-corrected chi connectivity index (χ4v) is 6.53. The van der Waals surface area contributed by atoms with Gasteiger partial charge in [0, 0.05) is 32.3 Å². The van der Waals surface area contributed by atoms with E-state index in [0.717, 1.165) is 82.5 Å². The van der Waals surface area contributed by atoms with Crippen LogP contribution in [0.5, 0.6) is 0 Å². The SMILES string of the molecule is N#Cc1ccc2c3ccccc3n(-c3cccc4c3oc3cccc(-c5cccc6oc7ccccc7c56)c34)c2c1. The van der Waals surface area contributed by atoms with Gasteiger partial charge < -0.3 is 13.4 Å². The van der Waals surface area contributed by atoms with Crippen LogP contribution in [0.15, 0.2) is 130 Å². The summed E-state index contributed by atoms with van der Waals surface area (Å²) in [5.74, 6) is 0. The number of nitriles is 1. The number of hydrogen-bond acceptors (Lipinski definition) is 3. The summed E-state index contributed by atoms with van der Waals surface area (Å²) >= 11 is 0. The van der Waals surface area contributed by atoms with E-state index in [1.54, 1.807) is 0 Å². The summed E-state index contributed by atoms with van der Waals surface area (Å²) in [7, 11) is 0. The molecule has 0 saturated carbocycles. The van der Waals surface area contributed by atoms with Crippen LogP contribution in [0.4, 0.5) is 0 Å². The Kier molecular flexibility index (Phi) is 4.37. The van der Waals surface area contributed by atoms with Gasteiger partial charge in [0.15, 0.2) is 5.58 Å². The van der Waals surface area contributed by atoms with E-state index in [9.17, 15) is 5.26 Å². The van der Waals surface area contributed by atoms with Gasteiger partial charge in [-0.3, -0.25) is 0 Å². The van der Waals surface area contributed by atoms with Crippen LogP contribution in [-0.2, 0) is 0 Å². The number of fused-ring (bicyclic) bond motifs is 9. The van der Waals surface area contributed by atoms with Crippen molar-refractivity contribution in [3.8, 4) is 22.9 Å². The molecule has 0 aliphatic rings. The molecule has 0 bridgehead atoms. The maximum absolute atomic E-state index is 9.68. The zero-order valence-electron chi connectivity index (χ0n) is 21.8. The van der Waals surface area contributed by atoms with Crippen molar-refractivity contribution in [3.05, 3.63) is 127 Å². The minimum Gasteiger partial charge on any atom is -0.456 e. The summed E-state index contributed by atoms with van der Waals surface area (Å²) in [5, 5.41) is 16.2. The number of aromatic nitrogens is 1. The number of nitrogens with zero attached hydrogens (tertiary/aromatic N) is 2. The van der Waals surface area contributed by atoms with Crippen LogP contribution in [-0.4, -0.2) is 4.57 Å². The van der Waals surface area contributed by atoms with Crippen molar-refractivity contribution >= 4 is 65.7 Å². The fourth-order valence-electron chi connectivity index (χ4n) is 6.53. The Morgan fingerprint density at radius 2 is 1.15 bits per heavy atom. The Bertz CT molecular complexity index is 2550. The van der Waals surface area contributed by atoms with E-state index in [4.69, 9.17) is 8.83 Å². The number of para-hydroxylation sites is 3. The van der Waals surface area contributed by atoms with Crippen molar-refractivity contribution in [2.45, 2.75) is 0 Å². The van der Waals surface area contributed by atoms with Crippen LogP contribution in [0.2, 0.25) is 0 Å². The highest BCUT2D eigenvalue weighted by molar-refractivity contribution is 6.20. The first-order chi connectivity index (χ1) is 20.3. The van der Waals surface area contributed by atoms with Crippen LogP contribution in [0.3, 0.4) is 0 Å². The summed E-state index contributed by atoms with van der Waals surface area (Å²) < 4.78 is 15.1. The number of furan rings is 2. The second kappa shape index (κ2) is 8.11. The van der Waals surface area contributed by atoms with Gasteiger partial charge in [-0.05, 0) is 53.6 Å². The third-order valence-corrected chi connectivity index (χ3v) is 8.24. The number of hydrogen-bond donors (Lipinski definition) is 0. The van der Waals surface area contributed by atoms with Gasteiger partial charge in [-0.1, -0.05) is 78.9 Å². The molecule has 0 amide bonds. The predicted octanol–water partition coefficient (Wildman–Crippen LogP) is 10.1. The molecule has 0 fully saturated rings. The highest BCUT2D eigenvalue weighted by Crippen LogP contribution is 2.44. The molecule has 0 N–H and O–H groups in total. The van der Waals surface area contributed by atoms with Crippen molar-refractivity contribution in [3.63, 3.8) is 0 Å². The maximum Gasteiger partial charge on any atom is 0.159 e. The lowest BCUT2D eigenvalue weighted by Crippen LogP contribution is -1.94. The van der Waals surface area contributed by atoms with Crippen LogP contribution < -0.4 is 0 Å². The lowest BCUT2D eigenvalue weighted by Gasteiger charge is -2.09. The molecule has 0 atom stereocenters. The Labute approximate surface area is 233 Å². The molecular weight excluding hydrogens is 504 g/mol. The average Bonchev–Trinajstić information content (AvgIpc) is 3.70. The minimum atomic E-state index is 0.626. The van der Waals surface area contributed by atoms with E-state index in [-0.39, 0.29) is 0 Å². The molecule has 4 nitrogen and oxygen atoms in total. The first kappa shape index (κ1) is 22.1. The first-order valence-corrected chi connectivity index (χ1v) is 13.6. The summed E-state index contributed by atoms with van der Waals surface area (Å²) in [5.41, 5.74) is 9.22. The van der Waals surface area contributed by atoms with Crippen molar-refractivity contribution in [2.24, 2.45) is 0 Å². The van der Waals surface area contributed by atoms with Crippen molar-refractivity contribution in [2.75, 3.05) is 0 Å². The zero-order valence-corrected chi connectivity index (χ0v) is 21.8. The van der Waals surface area contributed by atoms with E-state index < -0.39 is 0 Å². The normalized spacial score (nSPS) is 11.9. The highest BCUT2D eigenvalue weighted by atomic mass is 16.3. The summed E-state index contributed by atoms with van der Waals surface area (Å²) in [4.78, 5) is 0. The minimum absolute atomic E-state index is 0.626. The molecule has 6 aromatic carbocycles. The van der Waals surface area contributed by atoms with Gasteiger partial charge in [0.25, 0.3) is 0 Å². The van der Waals surface area contributed by atoms with Crippen LogP contribution >= 0.6 is 0 Å². The van der Waals surface area contributed by atoms with Crippen LogP contribution in [0.25, 0.3) is 82.5 Å². The smallest absolute Gasteiger partial charge is 0.159 e. The molecule has 9 rings (SSSR count). The molecular formula is C37H20N2O2. The average molecular weight is 525 g/mol. The van der Waals surface area contributed by atoms with E-state index in [0.29, 0.717) is 5.56 Å². The van der Waals surface area contributed by atoms with Crippen molar-refractivity contribution in [1.29, 1.82) is 5.26 Å². The molecule has 41 heavy (non-hydrogen) atoms. The quantitative estimate of drug-likeness (QED) is 0.226.